The summed E-state index contributed by atoms with van der Waals surface area (Å²) in [5.41, 5.74) is 1.12. The number of hydrogen-bond acceptors (Lipinski definition) is 6. The highest BCUT2D eigenvalue weighted by Gasteiger charge is 2.32. The lowest BCUT2D eigenvalue weighted by Gasteiger charge is -2.37. The first-order valence-electron chi connectivity index (χ1n) is 9.56. The summed E-state index contributed by atoms with van der Waals surface area (Å²) in [7, 11) is 1.68. The summed E-state index contributed by atoms with van der Waals surface area (Å²) in [5, 5.41) is 15.4. The van der Waals surface area contributed by atoms with E-state index in [1.807, 2.05) is 19.1 Å². The van der Waals surface area contributed by atoms with Gasteiger partial charge in [0, 0.05) is 13.0 Å². The first-order chi connectivity index (χ1) is 13.1. The molecular formula is C20H26N4O2S. The number of aryl methyl sites for hydroxylation is 1. The van der Waals surface area contributed by atoms with Crippen LogP contribution in [0.3, 0.4) is 0 Å². The summed E-state index contributed by atoms with van der Waals surface area (Å²) in [5.74, 6) is 2.43. The molecule has 6 nitrogen and oxygen atoms in total. The standard InChI is InChI=1S/C20H26N4O2S/c1-4-16-21-20-24(22-16)19(25)18(27-20)17(23-10-6-7-13(2)12-23)14-8-5-9-15(11-14)26-3/h5,8-9,11,13,17,25H,4,6-7,10,12H2,1-3H3/t13-,17+/m1/s1. The van der Waals surface area contributed by atoms with Gasteiger partial charge in [-0.2, -0.15) is 4.52 Å². The van der Waals surface area contributed by atoms with Gasteiger partial charge in [0.2, 0.25) is 10.8 Å². The lowest BCUT2D eigenvalue weighted by molar-refractivity contribution is 0.149. The fourth-order valence-electron chi connectivity index (χ4n) is 3.92. The molecule has 0 unspecified atom stereocenters. The quantitative estimate of drug-likeness (QED) is 0.721. The Morgan fingerprint density at radius 3 is 2.96 bits per heavy atom. The molecule has 0 aliphatic carbocycles. The molecule has 1 aromatic carbocycles. The number of aromatic hydroxyl groups is 1. The smallest absolute Gasteiger partial charge is 0.230 e. The van der Waals surface area contributed by atoms with Crippen LogP contribution in [0, 0.1) is 5.92 Å². The van der Waals surface area contributed by atoms with Crippen molar-refractivity contribution in [1.82, 2.24) is 19.5 Å². The van der Waals surface area contributed by atoms with Gasteiger partial charge >= 0.3 is 0 Å². The number of benzene rings is 1. The summed E-state index contributed by atoms with van der Waals surface area (Å²) in [6.07, 6.45) is 3.18. The summed E-state index contributed by atoms with van der Waals surface area (Å²) in [4.78, 5) is 8.66. The van der Waals surface area contributed by atoms with Crippen molar-refractivity contribution in [3.8, 4) is 11.6 Å². The SMILES string of the molecule is CCc1nc2sc([C@H](c3cccc(OC)c3)N3CCC[C@@H](C)C3)c(O)n2n1. The Bertz CT molecular complexity index is 935. The van der Waals surface area contributed by atoms with Crippen molar-refractivity contribution < 1.29 is 9.84 Å². The van der Waals surface area contributed by atoms with Gasteiger partial charge in [-0.3, -0.25) is 4.90 Å². The summed E-state index contributed by atoms with van der Waals surface area (Å²) < 4.78 is 7.03. The van der Waals surface area contributed by atoms with Crippen LogP contribution in [0.5, 0.6) is 11.6 Å². The van der Waals surface area contributed by atoms with E-state index >= 15 is 0 Å². The topological polar surface area (TPSA) is 62.9 Å². The maximum absolute atomic E-state index is 11.0. The molecular weight excluding hydrogens is 360 g/mol. The van der Waals surface area contributed by atoms with Crippen molar-refractivity contribution in [1.29, 1.82) is 0 Å². The second-order valence-corrected chi connectivity index (χ2v) is 8.30. The second kappa shape index (κ2) is 7.48. The lowest BCUT2D eigenvalue weighted by atomic mass is 9.95. The van der Waals surface area contributed by atoms with E-state index in [2.05, 4.69) is 34.0 Å². The summed E-state index contributed by atoms with van der Waals surface area (Å²) in [6, 6.07) is 8.12. The third-order valence-corrected chi connectivity index (χ3v) is 6.34. The zero-order valence-electron chi connectivity index (χ0n) is 16.1. The number of nitrogens with zero attached hydrogens (tertiary/aromatic N) is 4. The number of ether oxygens (including phenoxy) is 1. The number of piperidine rings is 1. The first kappa shape index (κ1) is 18.3. The molecule has 2 aromatic heterocycles. The van der Waals surface area contributed by atoms with Gasteiger partial charge in [0.15, 0.2) is 5.82 Å². The third kappa shape index (κ3) is 3.41. The van der Waals surface area contributed by atoms with Gasteiger partial charge < -0.3 is 9.84 Å². The highest BCUT2D eigenvalue weighted by Crippen LogP contribution is 2.42. The molecule has 0 amide bonds. The minimum Gasteiger partial charge on any atom is -0.497 e. The van der Waals surface area contributed by atoms with E-state index < -0.39 is 0 Å². The number of aromatic nitrogens is 3. The van der Waals surface area contributed by atoms with Crippen LogP contribution >= 0.6 is 11.3 Å². The average molecular weight is 387 g/mol. The second-order valence-electron chi connectivity index (χ2n) is 7.29. The van der Waals surface area contributed by atoms with Crippen molar-refractivity contribution in [3.63, 3.8) is 0 Å². The Morgan fingerprint density at radius 1 is 1.41 bits per heavy atom. The van der Waals surface area contributed by atoms with E-state index in [1.165, 1.54) is 24.2 Å². The Kier molecular flexibility index (Phi) is 5.06. The van der Waals surface area contributed by atoms with Crippen molar-refractivity contribution in [2.24, 2.45) is 5.92 Å². The van der Waals surface area contributed by atoms with E-state index in [9.17, 15) is 5.11 Å². The van der Waals surface area contributed by atoms with Gasteiger partial charge in [-0.25, -0.2) is 4.98 Å². The lowest BCUT2D eigenvalue weighted by Crippen LogP contribution is -2.37. The van der Waals surface area contributed by atoms with Crippen molar-refractivity contribution in [2.45, 2.75) is 39.2 Å². The predicted octanol–water partition coefficient (Wildman–Crippen LogP) is 3.89. The molecule has 1 aliphatic rings. The average Bonchev–Trinajstić information content (AvgIpc) is 3.22. The zero-order valence-corrected chi connectivity index (χ0v) is 16.9. The molecule has 27 heavy (non-hydrogen) atoms. The Labute approximate surface area is 163 Å². The molecule has 2 atom stereocenters. The maximum Gasteiger partial charge on any atom is 0.230 e. The van der Waals surface area contributed by atoms with Crippen LogP contribution in [0.4, 0.5) is 0 Å². The van der Waals surface area contributed by atoms with Crippen LogP contribution in [0.2, 0.25) is 0 Å². The molecule has 1 aliphatic heterocycles. The van der Waals surface area contributed by atoms with Crippen LogP contribution in [-0.2, 0) is 6.42 Å². The van der Waals surface area contributed by atoms with Gasteiger partial charge in [-0.05, 0) is 43.0 Å². The minimum absolute atomic E-state index is 0.0265. The van der Waals surface area contributed by atoms with Gasteiger partial charge in [0.05, 0.1) is 18.0 Å². The number of fused-ring (bicyclic) bond motifs is 1. The van der Waals surface area contributed by atoms with Gasteiger partial charge in [-0.15, -0.1) is 5.10 Å². The number of methoxy groups -OCH3 is 1. The highest BCUT2D eigenvalue weighted by atomic mass is 32.1. The normalized spacial score (nSPS) is 19.4. The maximum atomic E-state index is 11.0. The summed E-state index contributed by atoms with van der Waals surface area (Å²) in [6.45, 7) is 6.34. The molecule has 0 spiro atoms. The fourth-order valence-corrected chi connectivity index (χ4v) is 5.05. The van der Waals surface area contributed by atoms with Crippen LogP contribution in [0.25, 0.3) is 4.96 Å². The van der Waals surface area contributed by atoms with E-state index in [4.69, 9.17) is 4.74 Å². The van der Waals surface area contributed by atoms with Crippen LogP contribution < -0.4 is 4.74 Å². The van der Waals surface area contributed by atoms with E-state index in [1.54, 1.807) is 11.6 Å². The van der Waals surface area contributed by atoms with Crippen LogP contribution in [0.15, 0.2) is 24.3 Å². The van der Waals surface area contributed by atoms with Gasteiger partial charge in [0.1, 0.15) is 5.75 Å². The van der Waals surface area contributed by atoms with E-state index in [0.29, 0.717) is 5.92 Å². The molecule has 3 aromatic rings. The van der Waals surface area contributed by atoms with Gasteiger partial charge in [0.25, 0.3) is 0 Å². The molecule has 0 radical (unpaired) electrons. The van der Waals surface area contributed by atoms with Gasteiger partial charge in [-0.1, -0.05) is 37.3 Å². The molecule has 1 fully saturated rings. The highest BCUT2D eigenvalue weighted by molar-refractivity contribution is 7.17. The molecule has 144 valence electrons. The molecule has 0 bridgehead atoms. The number of thiazole rings is 1. The van der Waals surface area contributed by atoms with Crippen LogP contribution in [-0.4, -0.2) is 44.8 Å². The Balaban J connectivity index is 1.81. The predicted molar refractivity (Wildman–Crippen MR) is 107 cm³/mol. The molecule has 4 rings (SSSR count). The molecule has 1 N–H and O–H groups in total. The van der Waals surface area contributed by atoms with E-state index in [-0.39, 0.29) is 11.9 Å². The fraction of sp³-hybridized carbons (Fsp3) is 0.500. The molecule has 3 heterocycles. The number of rotatable bonds is 5. The molecule has 7 heteroatoms. The number of hydrogen-bond donors (Lipinski definition) is 1. The minimum atomic E-state index is -0.0265. The third-order valence-electron chi connectivity index (χ3n) is 5.27. The monoisotopic (exact) mass is 386 g/mol. The molecule has 1 saturated heterocycles. The van der Waals surface area contributed by atoms with Crippen molar-refractivity contribution >= 4 is 16.3 Å². The zero-order chi connectivity index (χ0) is 19.0. The van der Waals surface area contributed by atoms with E-state index in [0.717, 1.165) is 46.5 Å². The number of likely N-dealkylation sites (tertiary alicyclic amines) is 1. The van der Waals surface area contributed by atoms with Crippen molar-refractivity contribution in [2.75, 3.05) is 20.2 Å². The first-order valence-corrected chi connectivity index (χ1v) is 10.4. The summed E-state index contributed by atoms with van der Waals surface area (Å²) >= 11 is 1.53. The molecule has 0 saturated carbocycles. The Morgan fingerprint density at radius 2 is 2.26 bits per heavy atom. The van der Waals surface area contributed by atoms with Crippen LogP contribution in [0.1, 0.15) is 49.0 Å². The van der Waals surface area contributed by atoms with Crippen molar-refractivity contribution in [3.05, 3.63) is 40.5 Å². The largest absolute Gasteiger partial charge is 0.497 e. The Hall–Kier alpha value is -2.12.